The first-order chi connectivity index (χ1) is 11.4. The maximum absolute atomic E-state index is 12.1. The predicted octanol–water partition coefficient (Wildman–Crippen LogP) is 4.38. The van der Waals surface area contributed by atoms with Crippen molar-refractivity contribution in [3.05, 3.63) is 47.0 Å². The lowest BCUT2D eigenvalue weighted by Gasteiger charge is -2.23. The molecule has 2 aliphatic rings. The standard InChI is InChI=1S/C21H27NO2/c1-13(2)9-15-5-6-17-18(11-15)16(10-14(3)4)12-19(17)22-20(23)7-8-21(22)24/h5-8,11,13-14,16,19H,9-10,12H2,1-4H3/t16-,19-/m0/s1. The zero-order valence-electron chi connectivity index (χ0n) is 15.1. The van der Waals surface area contributed by atoms with E-state index in [2.05, 4.69) is 45.9 Å². The second kappa shape index (κ2) is 6.54. The van der Waals surface area contributed by atoms with Gasteiger partial charge in [0.25, 0.3) is 11.8 Å². The minimum atomic E-state index is -0.174. The first-order valence-electron chi connectivity index (χ1n) is 9.04. The van der Waals surface area contributed by atoms with Gasteiger partial charge in [-0.15, -0.1) is 0 Å². The second-order valence-electron chi connectivity index (χ2n) is 8.02. The zero-order chi connectivity index (χ0) is 17.4. The molecule has 0 saturated heterocycles. The first-order valence-corrected chi connectivity index (χ1v) is 9.04. The molecule has 3 rings (SSSR count). The third-order valence-corrected chi connectivity index (χ3v) is 5.01. The molecule has 0 N–H and O–H groups in total. The maximum Gasteiger partial charge on any atom is 0.254 e. The summed E-state index contributed by atoms with van der Waals surface area (Å²) in [5.41, 5.74) is 3.87. The zero-order valence-corrected chi connectivity index (χ0v) is 15.1. The van der Waals surface area contributed by atoms with E-state index in [1.165, 1.54) is 33.7 Å². The highest BCUT2D eigenvalue weighted by Crippen LogP contribution is 2.47. The molecule has 0 fully saturated rings. The number of hydrogen-bond acceptors (Lipinski definition) is 2. The van der Waals surface area contributed by atoms with Crippen molar-refractivity contribution in [1.29, 1.82) is 0 Å². The maximum atomic E-state index is 12.1. The smallest absolute Gasteiger partial charge is 0.254 e. The van der Waals surface area contributed by atoms with Crippen LogP contribution in [0.15, 0.2) is 30.4 Å². The van der Waals surface area contributed by atoms with Gasteiger partial charge >= 0.3 is 0 Å². The van der Waals surface area contributed by atoms with Crippen LogP contribution in [-0.4, -0.2) is 16.7 Å². The lowest BCUT2D eigenvalue weighted by molar-refractivity contribution is -0.139. The number of nitrogens with zero attached hydrogens (tertiary/aromatic N) is 1. The Hall–Kier alpha value is -1.90. The molecule has 3 heteroatoms. The fourth-order valence-electron chi connectivity index (χ4n) is 4.16. The molecule has 3 nitrogen and oxygen atoms in total. The summed E-state index contributed by atoms with van der Waals surface area (Å²) in [7, 11) is 0. The Morgan fingerprint density at radius 1 is 1.00 bits per heavy atom. The molecule has 0 bridgehead atoms. The van der Waals surface area contributed by atoms with Gasteiger partial charge in [-0.05, 0) is 53.7 Å². The van der Waals surface area contributed by atoms with Crippen LogP contribution in [0.1, 0.15) is 69.2 Å². The summed E-state index contributed by atoms with van der Waals surface area (Å²) in [6.07, 6.45) is 5.81. The molecule has 24 heavy (non-hydrogen) atoms. The molecular formula is C21H27NO2. The van der Waals surface area contributed by atoms with Gasteiger partial charge in [-0.1, -0.05) is 45.9 Å². The normalized spacial score (nSPS) is 23.0. The van der Waals surface area contributed by atoms with E-state index in [1.54, 1.807) is 0 Å². The third-order valence-electron chi connectivity index (χ3n) is 5.01. The molecule has 0 unspecified atom stereocenters. The van der Waals surface area contributed by atoms with E-state index in [1.807, 2.05) is 0 Å². The Balaban J connectivity index is 1.96. The molecule has 1 aromatic carbocycles. The lowest BCUT2D eigenvalue weighted by atomic mass is 9.90. The summed E-state index contributed by atoms with van der Waals surface area (Å²) in [5.74, 6) is 1.30. The van der Waals surface area contributed by atoms with Crippen LogP contribution in [-0.2, 0) is 16.0 Å². The van der Waals surface area contributed by atoms with Crippen molar-refractivity contribution < 1.29 is 9.59 Å². The van der Waals surface area contributed by atoms with Gasteiger partial charge in [0.15, 0.2) is 0 Å². The fraction of sp³-hybridized carbons (Fsp3) is 0.524. The Morgan fingerprint density at radius 2 is 1.67 bits per heavy atom. The fourth-order valence-corrected chi connectivity index (χ4v) is 4.16. The van der Waals surface area contributed by atoms with E-state index in [-0.39, 0.29) is 17.9 Å². The number of carbonyl (C=O) groups is 2. The van der Waals surface area contributed by atoms with Gasteiger partial charge in [-0.25, -0.2) is 0 Å². The largest absolute Gasteiger partial charge is 0.269 e. The molecule has 0 spiro atoms. The highest BCUT2D eigenvalue weighted by molar-refractivity contribution is 6.13. The minimum absolute atomic E-state index is 0.105. The molecule has 0 radical (unpaired) electrons. The van der Waals surface area contributed by atoms with Crippen LogP contribution >= 0.6 is 0 Å². The van der Waals surface area contributed by atoms with Crippen molar-refractivity contribution in [1.82, 2.24) is 4.90 Å². The number of fused-ring (bicyclic) bond motifs is 1. The summed E-state index contributed by atoms with van der Waals surface area (Å²) in [6, 6.07) is 6.53. The topological polar surface area (TPSA) is 37.4 Å². The molecule has 128 valence electrons. The number of rotatable bonds is 5. The van der Waals surface area contributed by atoms with Gasteiger partial charge in [-0.2, -0.15) is 0 Å². The lowest BCUT2D eigenvalue weighted by Crippen LogP contribution is -2.33. The molecule has 1 aliphatic heterocycles. The van der Waals surface area contributed by atoms with Crippen LogP contribution in [0.4, 0.5) is 0 Å². The van der Waals surface area contributed by atoms with Crippen molar-refractivity contribution in [2.45, 2.75) is 58.9 Å². The van der Waals surface area contributed by atoms with E-state index in [9.17, 15) is 9.59 Å². The van der Waals surface area contributed by atoms with Gasteiger partial charge in [0, 0.05) is 12.2 Å². The number of amides is 2. The second-order valence-corrected chi connectivity index (χ2v) is 8.02. The number of hydrogen-bond donors (Lipinski definition) is 0. The van der Waals surface area contributed by atoms with Gasteiger partial charge in [-0.3, -0.25) is 14.5 Å². The Labute approximate surface area is 144 Å². The Bertz CT molecular complexity index is 669. The van der Waals surface area contributed by atoms with Crippen molar-refractivity contribution in [2.24, 2.45) is 11.8 Å². The highest BCUT2D eigenvalue weighted by Gasteiger charge is 2.40. The van der Waals surface area contributed by atoms with Gasteiger partial charge in [0.2, 0.25) is 0 Å². The van der Waals surface area contributed by atoms with Gasteiger partial charge in [0.1, 0.15) is 0 Å². The number of benzene rings is 1. The monoisotopic (exact) mass is 325 g/mol. The SMILES string of the molecule is CC(C)Cc1ccc2c(c1)[C@@H](CC(C)C)C[C@@H]2N1C(=O)C=CC1=O. The summed E-state index contributed by atoms with van der Waals surface area (Å²) in [4.78, 5) is 25.7. The van der Waals surface area contributed by atoms with Crippen molar-refractivity contribution >= 4 is 11.8 Å². The van der Waals surface area contributed by atoms with Gasteiger partial charge in [0.05, 0.1) is 6.04 Å². The van der Waals surface area contributed by atoms with Crippen LogP contribution < -0.4 is 0 Å². The third kappa shape index (κ3) is 3.17. The molecule has 1 heterocycles. The summed E-state index contributed by atoms with van der Waals surface area (Å²) < 4.78 is 0. The van der Waals surface area contributed by atoms with Crippen LogP contribution in [0.3, 0.4) is 0 Å². The molecule has 2 amide bonds. The van der Waals surface area contributed by atoms with Crippen LogP contribution in [0.25, 0.3) is 0 Å². The van der Waals surface area contributed by atoms with E-state index in [4.69, 9.17) is 0 Å². The average molecular weight is 325 g/mol. The van der Waals surface area contributed by atoms with Crippen molar-refractivity contribution in [2.75, 3.05) is 0 Å². The van der Waals surface area contributed by atoms with Crippen LogP contribution in [0.2, 0.25) is 0 Å². The van der Waals surface area contributed by atoms with E-state index >= 15 is 0 Å². The molecule has 2 atom stereocenters. The Morgan fingerprint density at radius 3 is 2.25 bits per heavy atom. The average Bonchev–Trinajstić information content (AvgIpc) is 2.98. The summed E-state index contributed by atoms with van der Waals surface area (Å²) in [6.45, 7) is 8.93. The first kappa shape index (κ1) is 16.9. The number of carbonyl (C=O) groups excluding carboxylic acids is 2. The minimum Gasteiger partial charge on any atom is -0.269 e. The quantitative estimate of drug-likeness (QED) is 0.753. The van der Waals surface area contributed by atoms with Crippen LogP contribution in [0.5, 0.6) is 0 Å². The molecule has 0 aromatic heterocycles. The van der Waals surface area contributed by atoms with Crippen molar-refractivity contribution in [3.8, 4) is 0 Å². The predicted molar refractivity (Wildman–Crippen MR) is 95.5 cm³/mol. The molecule has 1 aliphatic carbocycles. The summed E-state index contributed by atoms with van der Waals surface area (Å²) in [5, 5.41) is 0. The van der Waals surface area contributed by atoms with Gasteiger partial charge < -0.3 is 0 Å². The van der Waals surface area contributed by atoms with Crippen molar-refractivity contribution in [3.63, 3.8) is 0 Å². The summed E-state index contributed by atoms with van der Waals surface area (Å²) >= 11 is 0. The molecule has 1 aromatic rings. The van der Waals surface area contributed by atoms with Crippen LogP contribution in [0, 0.1) is 11.8 Å². The number of imide groups is 1. The van der Waals surface area contributed by atoms with E-state index in [0.29, 0.717) is 17.8 Å². The molecular weight excluding hydrogens is 298 g/mol. The Kier molecular flexibility index (Phi) is 4.62. The van der Waals surface area contributed by atoms with E-state index in [0.717, 1.165) is 19.3 Å². The molecule has 0 saturated carbocycles. The highest BCUT2D eigenvalue weighted by atomic mass is 16.2. The van der Waals surface area contributed by atoms with E-state index < -0.39 is 0 Å².